The van der Waals surface area contributed by atoms with Crippen LogP contribution in [0.25, 0.3) is 0 Å². The number of halogens is 1. The van der Waals surface area contributed by atoms with Crippen molar-refractivity contribution in [1.82, 2.24) is 10.2 Å². The molecule has 3 aliphatic rings. The summed E-state index contributed by atoms with van der Waals surface area (Å²) in [5.41, 5.74) is 0.215. The van der Waals surface area contributed by atoms with Crippen LogP contribution < -0.4 is 5.32 Å². The van der Waals surface area contributed by atoms with Crippen molar-refractivity contribution in [2.24, 2.45) is 11.8 Å². The number of carbonyl (C=O) groups is 2. The Labute approximate surface area is 147 Å². The lowest BCUT2D eigenvalue weighted by Crippen LogP contribution is -2.48. The number of hydrogen-bond donors (Lipinski definition) is 1. The van der Waals surface area contributed by atoms with Crippen LogP contribution in [0.5, 0.6) is 0 Å². The largest absolute Gasteiger partial charge is 0.356 e. The second-order valence-corrected chi connectivity index (χ2v) is 7.87. The molecule has 1 saturated heterocycles. The molecular weight excluding hydrogens is 319 g/mol. The molecule has 1 aromatic carbocycles. The standard InChI is InChI=1S/C20H25FN2O2/c21-17-5-1-4-16(11-17)20(8-9-20)19(25)23-10-2-3-15(13-23)18(24)22-12-14-6-7-14/h1,4-5,11,14-15H,2-3,6-10,12-13H2,(H,22,24). The van der Waals surface area contributed by atoms with E-state index in [0.29, 0.717) is 19.0 Å². The van der Waals surface area contributed by atoms with Gasteiger partial charge in [-0.2, -0.15) is 0 Å². The van der Waals surface area contributed by atoms with E-state index in [-0.39, 0.29) is 23.5 Å². The van der Waals surface area contributed by atoms with Gasteiger partial charge in [0.15, 0.2) is 0 Å². The summed E-state index contributed by atoms with van der Waals surface area (Å²) >= 11 is 0. The Morgan fingerprint density at radius 2 is 2.04 bits per heavy atom. The van der Waals surface area contributed by atoms with Gasteiger partial charge in [-0.15, -0.1) is 0 Å². The Hall–Kier alpha value is -1.91. The van der Waals surface area contributed by atoms with Gasteiger partial charge in [-0.3, -0.25) is 9.59 Å². The fourth-order valence-corrected chi connectivity index (χ4v) is 3.93. The first kappa shape index (κ1) is 16.6. The quantitative estimate of drug-likeness (QED) is 0.893. The Balaban J connectivity index is 1.42. The highest BCUT2D eigenvalue weighted by atomic mass is 19.1. The summed E-state index contributed by atoms with van der Waals surface area (Å²) < 4.78 is 13.6. The van der Waals surface area contributed by atoms with Crippen LogP contribution in [0.3, 0.4) is 0 Å². The van der Waals surface area contributed by atoms with Crippen molar-refractivity contribution in [3.05, 3.63) is 35.6 Å². The fraction of sp³-hybridized carbons (Fsp3) is 0.600. The molecular formula is C20H25FN2O2. The van der Waals surface area contributed by atoms with Crippen molar-refractivity contribution >= 4 is 11.8 Å². The minimum atomic E-state index is -0.561. The van der Waals surface area contributed by atoms with Crippen molar-refractivity contribution in [2.75, 3.05) is 19.6 Å². The van der Waals surface area contributed by atoms with Crippen LogP contribution in [-0.4, -0.2) is 36.3 Å². The molecule has 1 aromatic rings. The minimum Gasteiger partial charge on any atom is -0.356 e. The van der Waals surface area contributed by atoms with Gasteiger partial charge in [0, 0.05) is 19.6 Å². The lowest BCUT2D eigenvalue weighted by molar-refractivity contribution is -0.138. The molecule has 0 aromatic heterocycles. The molecule has 1 aliphatic heterocycles. The molecule has 1 N–H and O–H groups in total. The molecule has 1 heterocycles. The molecule has 4 rings (SSSR count). The van der Waals surface area contributed by atoms with E-state index in [2.05, 4.69) is 5.32 Å². The predicted molar refractivity (Wildman–Crippen MR) is 92.3 cm³/mol. The summed E-state index contributed by atoms with van der Waals surface area (Å²) in [6, 6.07) is 6.40. The van der Waals surface area contributed by atoms with Crippen LogP contribution in [0.4, 0.5) is 4.39 Å². The van der Waals surface area contributed by atoms with Gasteiger partial charge in [-0.25, -0.2) is 4.39 Å². The van der Waals surface area contributed by atoms with Crippen molar-refractivity contribution in [3.8, 4) is 0 Å². The number of amides is 2. The number of carbonyl (C=O) groups excluding carboxylic acids is 2. The summed E-state index contributed by atoms with van der Waals surface area (Å²) in [7, 11) is 0. The molecule has 0 spiro atoms. The number of benzene rings is 1. The molecule has 2 aliphatic carbocycles. The smallest absolute Gasteiger partial charge is 0.233 e. The molecule has 2 saturated carbocycles. The summed E-state index contributed by atoms with van der Waals surface area (Å²) in [4.78, 5) is 27.3. The zero-order chi connectivity index (χ0) is 17.4. The Morgan fingerprint density at radius 1 is 1.24 bits per heavy atom. The maximum absolute atomic E-state index is 13.6. The number of rotatable bonds is 5. The first-order valence-corrected chi connectivity index (χ1v) is 9.42. The Kier molecular flexibility index (Phi) is 4.26. The normalized spacial score (nSPS) is 24.7. The molecule has 25 heavy (non-hydrogen) atoms. The van der Waals surface area contributed by atoms with Crippen molar-refractivity contribution in [1.29, 1.82) is 0 Å². The molecule has 1 atom stereocenters. The number of hydrogen-bond acceptors (Lipinski definition) is 2. The van der Waals surface area contributed by atoms with E-state index in [1.165, 1.54) is 25.0 Å². The van der Waals surface area contributed by atoms with Gasteiger partial charge in [-0.05, 0) is 62.1 Å². The van der Waals surface area contributed by atoms with Gasteiger partial charge in [0.2, 0.25) is 11.8 Å². The zero-order valence-corrected chi connectivity index (χ0v) is 14.5. The maximum atomic E-state index is 13.6. The van der Waals surface area contributed by atoms with Crippen LogP contribution in [0.1, 0.15) is 44.1 Å². The third-order valence-electron chi connectivity index (χ3n) is 5.88. The van der Waals surface area contributed by atoms with E-state index in [1.54, 1.807) is 6.07 Å². The van der Waals surface area contributed by atoms with Gasteiger partial charge in [0.1, 0.15) is 5.82 Å². The number of nitrogens with one attached hydrogen (secondary N) is 1. The van der Waals surface area contributed by atoms with E-state index in [1.807, 2.05) is 11.0 Å². The first-order chi connectivity index (χ1) is 12.1. The van der Waals surface area contributed by atoms with Crippen LogP contribution >= 0.6 is 0 Å². The summed E-state index contributed by atoms with van der Waals surface area (Å²) in [6.45, 7) is 1.96. The van der Waals surface area contributed by atoms with Gasteiger partial charge < -0.3 is 10.2 Å². The fourth-order valence-electron chi connectivity index (χ4n) is 3.93. The summed E-state index contributed by atoms with van der Waals surface area (Å²) in [5, 5.41) is 3.04. The lowest BCUT2D eigenvalue weighted by Gasteiger charge is -2.34. The van der Waals surface area contributed by atoms with Crippen molar-refractivity contribution < 1.29 is 14.0 Å². The third-order valence-corrected chi connectivity index (χ3v) is 5.88. The third kappa shape index (κ3) is 3.42. The molecule has 134 valence electrons. The highest BCUT2D eigenvalue weighted by Crippen LogP contribution is 2.50. The molecule has 0 radical (unpaired) electrons. The number of piperidine rings is 1. The first-order valence-electron chi connectivity index (χ1n) is 9.42. The molecule has 5 heteroatoms. The number of likely N-dealkylation sites (tertiary alicyclic amines) is 1. The van der Waals surface area contributed by atoms with Crippen LogP contribution in [-0.2, 0) is 15.0 Å². The lowest BCUT2D eigenvalue weighted by atomic mass is 9.91. The highest BCUT2D eigenvalue weighted by Gasteiger charge is 2.53. The predicted octanol–water partition coefficient (Wildman–Crippen LogP) is 2.62. The maximum Gasteiger partial charge on any atom is 0.233 e. The monoisotopic (exact) mass is 344 g/mol. The van der Waals surface area contributed by atoms with E-state index >= 15 is 0 Å². The van der Waals surface area contributed by atoms with E-state index in [0.717, 1.165) is 37.8 Å². The van der Waals surface area contributed by atoms with Crippen LogP contribution in [0, 0.1) is 17.7 Å². The van der Waals surface area contributed by atoms with Gasteiger partial charge in [0.25, 0.3) is 0 Å². The van der Waals surface area contributed by atoms with Gasteiger partial charge in [-0.1, -0.05) is 12.1 Å². The molecule has 3 fully saturated rings. The number of nitrogens with zero attached hydrogens (tertiary/aromatic N) is 1. The van der Waals surface area contributed by atoms with E-state index in [9.17, 15) is 14.0 Å². The van der Waals surface area contributed by atoms with Gasteiger partial charge >= 0.3 is 0 Å². The summed E-state index contributed by atoms with van der Waals surface area (Å²) in [6.07, 6.45) is 5.66. The van der Waals surface area contributed by atoms with Crippen molar-refractivity contribution in [2.45, 2.75) is 43.9 Å². The van der Waals surface area contributed by atoms with E-state index < -0.39 is 5.41 Å². The minimum absolute atomic E-state index is 0.0674. The Bertz CT molecular complexity index is 682. The second kappa shape index (κ2) is 6.43. The molecule has 1 unspecified atom stereocenters. The van der Waals surface area contributed by atoms with E-state index in [4.69, 9.17) is 0 Å². The Morgan fingerprint density at radius 3 is 2.72 bits per heavy atom. The van der Waals surface area contributed by atoms with Gasteiger partial charge in [0.05, 0.1) is 11.3 Å². The average molecular weight is 344 g/mol. The van der Waals surface area contributed by atoms with Crippen LogP contribution in [0.2, 0.25) is 0 Å². The topological polar surface area (TPSA) is 49.4 Å². The summed E-state index contributed by atoms with van der Waals surface area (Å²) in [5.74, 6) is 0.401. The zero-order valence-electron chi connectivity index (χ0n) is 14.5. The van der Waals surface area contributed by atoms with Crippen LogP contribution in [0.15, 0.2) is 24.3 Å². The average Bonchev–Trinajstić information content (AvgIpc) is 3.54. The second-order valence-electron chi connectivity index (χ2n) is 7.87. The molecule has 2 amide bonds. The highest BCUT2D eigenvalue weighted by molar-refractivity contribution is 5.92. The molecule has 4 nitrogen and oxygen atoms in total. The van der Waals surface area contributed by atoms with Crippen molar-refractivity contribution in [3.63, 3.8) is 0 Å². The SMILES string of the molecule is O=C(NCC1CC1)C1CCCN(C(=O)C2(c3cccc(F)c3)CC2)C1. The molecule has 0 bridgehead atoms.